The van der Waals surface area contributed by atoms with Crippen molar-refractivity contribution in [2.75, 3.05) is 22.5 Å². The van der Waals surface area contributed by atoms with Gasteiger partial charge < -0.3 is 20.7 Å². The number of anilines is 4. The second-order valence-corrected chi connectivity index (χ2v) is 8.20. The van der Waals surface area contributed by atoms with E-state index in [9.17, 15) is 0 Å². The standard InChI is InChI=1S/C23H23N7O/c1-13-6-4-5-9-30(13)20-12-16(26-23(24)27-20)14-10-17-21-19(11-14)31-18-8-3-2-7-15(18)25-22(21)29-28-17/h2-3,7-8,10-13H,4-6,9H2,1H3,(H2,24,26,27)(H2,25,28,29). The maximum atomic E-state index is 6.28. The number of aromatic amines is 1. The minimum atomic E-state index is 0.273. The summed E-state index contributed by atoms with van der Waals surface area (Å²) >= 11 is 0. The summed E-state index contributed by atoms with van der Waals surface area (Å²) in [5.74, 6) is 3.36. The number of nitrogens with two attached hydrogens (primary N) is 1. The maximum absolute atomic E-state index is 6.28. The van der Waals surface area contributed by atoms with Crippen molar-refractivity contribution in [3.63, 3.8) is 0 Å². The van der Waals surface area contributed by atoms with E-state index in [1.807, 2.05) is 42.5 Å². The smallest absolute Gasteiger partial charge is 0.222 e. The second-order valence-electron chi connectivity index (χ2n) is 8.20. The van der Waals surface area contributed by atoms with Crippen molar-refractivity contribution >= 4 is 34.2 Å². The number of H-pyrrole nitrogens is 1. The first-order valence-corrected chi connectivity index (χ1v) is 10.6. The van der Waals surface area contributed by atoms with Gasteiger partial charge in [0.1, 0.15) is 11.6 Å². The third-order valence-corrected chi connectivity index (χ3v) is 6.11. The minimum absolute atomic E-state index is 0.273. The summed E-state index contributed by atoms with van der Waals surface area (Å²) < 4.78 is 6.28. The van der Waals surface area contributed by atoms with Crippen LogP contribution in [0.15, 0.2) is 42.5 Å². The van der Waals surface area contributed by atoms with Crippen molar-refractivity contribution in [2.24, 2.45) is 0 Å². The Bertz CT molecular complexity index is 1300. The van der Waals surface area contributed by atoms with Crippen LogP contribution >= 0.6 is 0 Å². The average Bonchev–Trinajstić information content (AvgIpc) is 3.09. The fraction of sp³-hybridized carbons (Fsp3) is 0.261. The lowest BCUT2D eigenvalue weighted by Crippen LogP contribution is -2.38. The van der Waals surface area contributed by atoms with Crippen LogP contribution in [0.1, 0.15) is 26.2 Å². The van der Waals surface area contributed by atoms with E-state index in [-0.39, 0.29) is 5.95 Å². The Labute approximate surface area is 179 Å². The van der Waals surface area contributed by atoms with Crippen LogP contribution in [-0.4, -0.2) is 32.8 Å². The molecule has 1 fully saturated rings. The number of fused-ring (bicyclic) bond motifs is 1. The third kappa shape index (κ3) is 3.02. The quantitative estimate of drug-likeness (QED) is 0.381. The van der Waals surface area contributed by atoms with Gasteiger partial charge in [-0.3, -0.25) is 5.10 Å². The van der Waals surface area contributed by atoms with E-state index >= 15 is 0 Å². The molecule has 8 heteroatoms. The molecule has 0 amide bonds. The van der Waals surface area contributed by atoms with Gasteiger partial charge in [0.05, 0.1) is 22.3 Å². The molecule has 4 heterocycles. The molecule has 8 nitrogen and oxygen atoms in total. The molecule has 2 aliphatic rings. The van der Waals surface area contributed by atoms with E-state index in [1.54, 1.807) is 0 Å². The molecule has 2 aliphatic heterocycles. The van der Waals surface area contributed by atoms with Crippen molar-refractivity contribution in [2.45, 2.75) is 32.2 Å². The number of nitrogens with one attached hydrogen (secondary N) is 2. The van der Waals surface area contributed by atoms with Crippen LogP contribution < -0.4 is 20.7 Å². The molecule has 0 saturated carbocycles. The lowest BCUT2D eigenvalue weighted by molar-refractivity contribution is 0.481. The lowest BCUT2D eigenvalue weighted by Gasteiger charge is -2.34. The van der Waals surface area contributed by atoms with Gasteiger partial charge >= 0.3 is 0 Å². The number of piperidine rings is 1. The van der Waals surface area contributed by atoms with Crippen LogP contribution in [0.4, 0.5) is 23.3 Å². The highest BCUT2D eigenvalue weighted by atomic mass is 16.5. The molecule has 1 atom stereocenters. The van der Waals surface area contributed by atoms with E-state index in [0.29, 0.717) is 6.04 Å². The predicted octanol–water partition coefficient (Wildman–Crippen LogP) is 4.83. The van der Waals surface area contributed by atoms with Gasteiger partial charge in [0.25, 0.3) is 0 Å². The van der Waals surface area contributed by atoms with E-state index in [4.69, 9.17) is 10.5 Å². The Kier molecular flexibility index (Phi) is 3.99. The van der Waals surface area contributed by atoms with Crippen LogP contribution in [0.25, 0.3) is 22.2 Å². The first-order valence-electron chi connectivity index (χ1n) is 10.6. The number of benzene rings is 2. The molecule has 0 aliphatic carbocycles. The number of hydrogen-bond acceptors (Lipinski definition) is 7. The van der Waals surface area contributed by atoms with Crippen molar-refractivity contribution < 1.29 is 4.74 Å². The first-order chi connectivity index (χ1) is 15.2. The lowest BCUT2D eigenvalue weighted by atomic mass is 10.0. The SMILES string of the molecule is CC1CCCCN1c1cc(-c2cc3c4c(n[nH]c4c2)Nc2ccccc2O3)nc(N)n1. The Morgan fingerprint density at radius 3 is 2.90 bits per heavy atom. The highest BCUT2D eigenvalue weighted by Gasteiger charge is 2.23. The molecule has 6 rings (SSSR count). The summed E-state index contributed by atoms with van der Waals surface area (Å²) in [7, 11) is 0. The molecule has 4 N–H and O–H groups in total. The van der Waals surface area contributed by atoms with Crippen LogP contribution in [0, 0.1) is 0 Å². The van der Waals surface area contributed by atoms with Crippen molar-refractivity contribution in [3.8, 4) is 22.8 Å². The summed E-state index contributed by atoms with van der Waals surface area (Å²) in [6.45, 7) is 3.22. The fourth-order valence-corrected chi connectivity index (χ4v) is 4.53. The van der Waals surface area contributed by atoms with Crippen LogP contribution in [0.2, 0.25) is 0 Å². The van der Waals surface area contributed by atoms with Gasteiger partial charge in [-0.15, -0.1) is 0 Å². The first kappa shape index (κ1) is 18.0. The van der Waals surface area contributed by atoms with Crippen molar-refractivity contribution in [1.82, 2.24) is 20.2 Å². The summed E-state index contributed by atoms with van der Waals surface area (Å²) in [6, 6.07) is 14.3. The topological polar surface area (TPSA) is 105 Å². The number of rotatable bonds is 2. The Hall–Kier alpha value is -3.81. The number of hydrogen-bond donors (Lipinski definition) is 3. The molecular formula is C23H23N7O. The highest BCUT2D eigenvalue weighted by molar-refractivity contribution is 6.00. The zero-order valence-electron chi connectivity index (χ0n) is 17.2. The van der Waals surface area contributed by atoms with Crippen molar-refractivity contribution in [3.05, 3.63) is 42.5 Å². The van der Waals surface area contributed by atoms with Crippen LogP contribution in [-0.2, 0) is 0 Å². The number of ether oxygens (including phenoxy) is 1. The molecule has 1 saturated heterocycles. The van der Waals surface area contributed by atoms with Gasteiger partial charge in [0.2, 0.25) is 5.95 Å². The fourth-order valence-electron chi connectivity index (χ4n) is 4.53. The molecular weight excluding hydrogens is 390 g/mol. The molecule has 2 aromatic carbocycles. The molecule has 0 radical (unpaired) electrons. The highest BCUT2D eigenvalue weighted by Crippen LogP contribution is 2.44. The number of aromatic nitrogens is 4. The molecule has 0 spiro atoms. The molecule has 2 aromatic heterocycles. The summed E-state index contributed by atoms with van der Waals surface area (Å²) in [6.07, 6.45) is 3.57. The van der Waals surface area contributed by atoms with Gasteiger partial charge in [-0.25, -0.2) is 4.98 Å². The Morgan fingerprint density at radius 2 is 2.00 bits per heavy atom. The predicted molar refractivity (Wildman–Crippen MR) is 122 cm³/mol. The Balaban J connectivity index is 1.47. The van der Waals surface area contributed by atoms with E-state index < -0.39 is 0 Å². The van der Waals surface area contributed by atoms with Crippen LogP contribution in [0.3, 0.4) is 0 Å². The monoisotopic (exact) mass is 413 g/mol. The number of para-hydroxylation sites is 2. The zero-order valence-corrected chi connectivity index (χ0v) is 17.2. The van der Waals surface area contributed by atoms with Gasteiger partial charge in [-0.2, -0.15) is 10.1 Å². The van der Waals surface area contributed by atoms with Gasteiger partial charge in [0.15, 0.2) is 11.6 Å². The van der Waals surface area contributed by atoms with Gasteiger partial charge in [-0.05, 0) is 50.5 Å². The third-order valence-electron chi connectivity index (χ3n) is 6.11. The number of nitrogen functional groups attached to an aromatic ring is 1. The minimum Gasteiger partial charge on any atom is -0.454 e. The molecule has 31 heavy (non-hydrogen) atoms. The molecule has 0 bridgehead atoms. The van der Waals surface area contributed by atoms with Gasteiger partial charge in [0, 0.05) is 24.2 Å². The molecule has 156 valence electrons. The van der Waals surface area contributed by atoms with Crippen molar-refractivity contribution in [1.29, 1.82) is 0 Å². The van der Waals surface area contributed by atoms with Crippen LogP contribution in [0.5, 0.6) is 11.5 Å². The Morgan fingerprint density at radius 1 is 1.10 bits per heavy atom. The largest absolute Gasteiger partial charge is 0.454 e. The zero-order chi connectivity index (χ0) is 20.9. The summed E-state index contributed by atoms with van der Waals surface area (Å²) in [5.41, 5.74) is 9.54. The summed E-state index contributed by atoms with van der Waals surface area (Å²) in [4.78, 5) is 11.4. The van der Waals surface area contributed by atoms with E-state index in [1.165, 1.54) is 6.42 Å². The second kappa shape index (κ2) is 6.87. The van der Waals surface area contributed by atoms with E-state index in [2.05, 4.69) is 37.3 Å². The normalized spacial score (nSPS) is 17.6. The average molecular weight is 413 g/mol. The van der Waals surface area contributed by atoms with Gasteiger partial charge in [-0.1, -0.05) is 12.1 Å². The number of nitrogens with zero attached hydrogens (tertiary/aromatic N) is 4. The summed E-state index contributed by atoms with van der Waals surface area (Å²) in [5, 5.41) is 11.8. The maximum Gasteiger partial charge on any atom is 0.222 e. The molecule has 1 unspecified atom stereocenters. The molecule has 4 aromatic rings. The van der Waals surface area contributed by atoms with E-state index in [0.717, 1.165) is 70.4 Å².